The Bertz CT molecular complexity index is 418. The molecule has 4 nitrogen and oxygen atoms in total. The number of nitrogens with zero attached hydrogens (tertiary/aromatic N) is 2. The molecule has 0 aliphatic carbocycles. The average Bonchev–Trinajstić information content (AvgIpc) is 2.46. The van der Waals surface area contributed by atoms with Crippen molar-refractivity contribution < 1.29 is 0 Å². The number of fused-ring (bicyclic) bond motifs is 1. The molecule has 68 valence electrons. The van der Waals surface area contributed by atoms with Crippen molar-refractivity contribution in [2.45, 2.75) is 6.42 Å². The van der Waals surface area contributed by atoms with Crippen LogP contribution in [0, 0.1) is 0 Å². The number of imidazole rings is 1. The first-order valence-electron chi connectivity index (χ1n) is 4.23. The molecule has 2 heterocycles. The van der Waals surface area contributed by atoms with Gasteiger partial charge < -0.3 is 15.9 Å². The summed E-state index contributed by atoms with van der Waals surface area (Å²) in [5.41, 5.74) is 13.7. The third-order valence-electron chi connectivity index (χ3n) is 1.92. The highest BCUT2D eigenvalue weighted by atomic mass is 15.0. The second-order valence-electron chi connectivity index (χ2n) is 3.00. The lowest BCUT2D eigenvalue weighted by molar-refractivity contribution is 0.937. The molecule has 2 rings (SSSR count). The largest absolute Gasteiger partial charge is 0.398 e. The summed E-state index contributed by atoms with van der Waals surface area (Å²) in [4.78, 5) is 4.37. The molecule has 4 N–H and O–H groups in total. The van der Waals surface area contributed by atoms with Gasteiger partial charge in [0.1, 0.15) is 5.65 Å². The zero-order valence-corrected chi connectivity index (χ0v) is 7.27. The van der Waals surface area contributed by atoms with Gasteiger partial charge in [0.15, 0.2) is 0 Å². The van der Waals surface area contributed by atoms with Crippen LogP contribution in [0.1, 0.15) is 5.69 Å². The van der Waals surface area contributed by atoms with Gasteiger partial charge in [0.25, 0.3) is 0 Å². The molecule has 0 spiro atoms. The predicted octanol–water partition coefficient (Wildman–Crippen LogP) is 0.418. The molecule has 0 saturated carbocycles. The van der Waals surface area contributed by atoms with Crippen molar-refractivity contribution in [2.75, 3.05) is 12.3 Å². The molecule has 0 saturated heterocycles. The summed E-state index contributed by atoms with van der Waals surface area (Å²) in [5, 5.41) is 0. The van der Waals surface area contributed by atoms with E-state index in [9.17, 15) is 0 Å². The van der Waals surface area contributed by atoms with E-state index >= 15 is 0 Å². The Kier molecular flexibility index (Phi) is 1.90. The van der Waals surface area contributed by atoms with Crippen LogP contribution in [-0.2, 0) is 6.42 Å². The highest BCUT2D eigenvalue weighted by molar-refractivity contribution is 5.48. The van der Waals surface area contributed by atoms with Gasteiger partial charge in [-0.2, -0.15) is 0 Å². The van der Waals surface area contributed by atoms with Crippen molar-refractivity contribution in [1.29, 1.82) is 0 Å². The van der Waals surface area contributed by atoms with E-state index in [1.54, 1.807) is 0 Å². The zero-order chi connectivity index (χ0) is 9.26. The monoisotopic (exact) mass is 176 g/mol. The molecule has 0 aromatic carbocycles. The molecule has 13 heavy (non-hydrogen) atoms. The van der Waals surface area contributed by atoms with Gasteiger partial charge in [-0.15, -0.1) is 0 Å². The van der Waals surface area contributed by atoms with Gasteiger partial charge >= 0.3 is 0 Å². The fourth-order valence-electron chi connectivity index (χ4n) is 1.33. The van der Waals surface area contributed by atoms with E-state index in [1.807, 2.05) is 28.9 Å². The number of hydrogen-bond acceptors (Lipinski definition) is 3. The lowest BCUT2D eigenvalue weighted by atomic mass is 10.3. The number of rotatable bonds is 2. The lowest BCUT2D eigenvalue weighted by Crippen LogP contribution is -2.02. The third kappa shape index (κ3) is 1.48. The first kappa shape index (κ1) is 8.07. The van der Waals surface area contributed by atoms with Crippen molar-refractivity contribution in [1.82, 2.24) is 9.38 Å². The van der Waals surface area contributed by atoms with Crippen LogP contribution in [0.5, 0.6) is 0 Å². The van der Waals surface area contributed by atoms with Crippen LogP contribution in [0.25, 0.3) is 5.65 Å². The molecule has 2 aromatic heterocycles. The van der Waals surface area contributed by atoms with Gasteiger partial charge in [0.05, 0.1) is 5.69 Å². The van der Waals surface area contributed by atoms with Gasteiger partial charge in [-0.05, 0) is 18.7 Å². The summed E-state index contributed by atoms with van der Waals surface area (Å²) in [7, 11) is 0. The van der Waals surface area contributed by atoms with Gasteiger partial charge in [0.2, 0.25) is 0 Å². The van der Waals surface area contributed by atoms with E-state index in [0.29, 0.717) is 6.54 Å². The molecule has 2 aromatic rings. The SMILES string of the molecule is NCCc1cn2cc(N)ccc2n1. The second kappa shape index (κ2) is 3.06. The van der Waals surface area contributed by atoms with Crippen LogP contribution in [0.2, 0.25) is 0 Å². The summed E-state index contributed by atoms with van der Waals surface area (Å²) in [6.45, 7) is 0.624. The van der Waals surface area contributed by atoms with Gasteiger partial charge in [-0.25, -0.2) is 4.98 Å². The lowest BCUT2D eigenvalue weighted by Gasteiger charge is -1.93. The first-order valence-corrected chi connectivity index (χ1v) is 4.23. The molecular formula is C9H12N4. The Morgan fingerprint density at radius 3 is 2.92 bits per heavy atom. The minimum Gasteiger partial charge on any atom is -0.398 e. The van der Waals surface area contributed by atoms with Crippen molar-refractivity contribution in [3.63, 3.8) is 0 Å². The molecule has 4 heteroatoms. The second-order valence-corrected chi connectivity index (χ2v) is 3.00. The van der Waals surface area contributed by atoms with E-state index in [4.69, 9.17) is 11.5 Å². The molecule has 0 atom stereocenters. The van der Waals surface area contributed by atoms with Crippen LogP contribution in [0.4, 0.5) is 5.69 Å². The summed E-state index contributed by atoms with van der Waals surface area (Å²) in [6, 6.07) is 3.74. The number of pyridine rings is 1. The fourth-order valence-corrected chi connectivity index (χ4v) is 1.33. The zero-order valence-electron chi connectivity index (χ0n) is 7.27. The predicted molar refractivity (Wildman–Crippen MR) is 52.4 cm³/mol. The number of hydrogen-bond donors (Lipinski definition) is 2. The maximum atomic E-state index is 5.63. The van der Waals surface area contributed by atoms with E-state index in [0.717, 1.165) is 23.4 Å². The van der Waals surface area contributed by atoms with Crippen LogP contribution in [0.15, 0.2) is 24.5 Å². The third-order valence-corrected chi connectivity index (χ3v) is 1.92. The van der Waals surface area contributed by atoms with E-state index in [2.05, 4.69) is 4.98 Å². The Morgan fingerprint density at radius 2 is 2.15 bits per heavy atom. The standard InChI is InChI=1S/C9H12N4/c10-4-3-8-6-13-5-7(11)1-2-9(13)12-8/h1-2,5-6H,3-4,10-11H2. The van der Waals surface area contributed by atoms with Crippen molar-refractivity contribution in [3.8, 4) is 0 Å². The quantitative estimate of drug-likeness (QED) is 0.696. The molecule has 0 aliphatic heterocycles. The number of anilines is 1. The smallest absolute Gasteiger partial charge is 0.137 e. The molecule has 0 amide bonds. The molecule has 0 unspecified atom stereocenters. The maximum absolute atomic E-state index is 5.63. The molecular weight excluding hydrogens is 164 g/mol. The minimum atomic E-state index is 0.624. The topological polar surface area (TPSA) is 69.3 Å². The Hall–Kier alpha value is -1.55. The molecule has 0 fully saturated rings. The Balaban J connectivity index is 2.49. The number of aromatic nitrogens is 2. The molecule has 0 bridgehead atoms. The van der Waals surface area contributed by atoms with E-state index in [-0.39, 0.29) is 0 Å². The van der Waals surface area contributed by atoms with Crippen molar-refractivity contribution >= 4 is 11.3 Å². The summed E-state index contributed by atoms with van der Waals surface area (Å²) >= 11 is 0. The summed E-state index contributed by atoms with van der Waals surface area (Å²) in [5.74, 6) is 0. The van der Waals surface area contributed by atoms with Crippen LogP contribution >= 0.6 is 0 Å². The minimum absolute atomic E-state index is 0.624. The van der Waals surface area contributed by atoms with Crippen molar-refractivity contribution in [2.24, 2.45) is 5.73 Å². The van der Waals surface area contributed by atoms with E-state index < -0.39 is 0 Å². The van der Waals surface area contributed by atoms with Crippen LogP contribution in [0.3, 0.4) is 0 Å². The highest BCUT2D eigenvalue weighted by Gasteiger charge is 1.99. The summed E-state index contributed by atoms with van der Waals surface area (Å²) in [6.07, 6.45) is 4.61. The average molecular weight is 176 g/mol. The fraction of sp³-hybridized carbons (Fsp3) is 0.222. The normalized spacial score (nSPS) is 10.8. The van der Waals surface area contributed by atoms with Gasteiger partial charge in [-0.1, -0.05) is 0 Å². The number of nitrogens with two attached hydrogens (primary N) is 2. The number of nitrogen functional groups attached to an aromatic ring is 1. The maximum Gasteiger partial charge on any atom is 0.137 e. The Morgan fingerprint density at radius 1 is 1.31 bits per heavy atom. The van der Waals surface area contributed by atoms with Crippen LogP contribution < -0.4 is 11.5 Å². The summed E-state index contributed by atoms with van der Waals surface area (Å²) < 4.78 is 1.92. The van der Waals surface area contributed by atoms with Crippen LogP contribution in [-0.4, -0.2) is 15.9 Å². The molecule has 0 aliphatic rings. The first-order chi connectivity index (χ1) is 6.29. The van der Waals surface area contributed by atoms with Gasteiger partial charge in [-0.3, -0.25) is 0 Å². The van der Waals surface area contributed by atoms with E-state index in [1.165, 1.54) is 0 Å². The van der Waals surface area contributed by atoms with Crippen molar-refractivity contribution in [3.05, 3.63) is 30.2 Å². The Labute approximate surface area is 76.2 Å². The highest BCUT2D eigenvalue weighted by Crippen LogP contribution is 2.08. The molecule has 0 radical (unpaired) electrons. The van der Waals surface area contributed by atoms with Gasteiger partial charge in [0, 0.05) is 24.5 Å².